The molecule has 0 aliphatic heterocycles. The summed E-state index contributed by atoms with van der Waals surface area (Å²) in [5.41, 5.74) is 9.27. The van der Waals surface area contributed by atoms with E-state index in [-0.39, 0.29) is 0 Å². The Morgan fingerprint density at radius 3 is 2.45 bits per heavy atom. The van der Waals surface area contributed by atoms with Gasteiger partial charge in [-0.15, -0.1) is 0 Å². The van der Waals surface area contributed by atoms with Crippen LogP contribution in [0.4, 0.5) is 0 Å². The number of benzene rings is 2. The number of rotatable bonds is 6. The van der Waals surface area contributed by atoms with Gasteiger partial charge in [0, 0.05) is 0 Å². The average Bonchev–Trinajstić information content (AvgIpc) is 2.52. The number of methoxy groups -OCH3 is 1. The molecule has 0 saturated carbocycles. The predicted octanol–water partition coefficient (Wildman–Crippen LogP) is 3.76. The normalized spacial score (nSPS) is 10.9. The molecule has 0 amide bonds. The van der Waals surface area contributed by atoms with Gasteiger partial charge in [-0.1, -0.05) is 48.6 Å². The fraction of sp³-hybridized carbons (Fsp3) is 0.222. The smallest absolute Gasteiger partial charge is 0.118 e. The van der Waals surface area contributed by atoms with Crippen LogP contribution in [0.3, 0.4) is 0 Å². The molecule has 0 unspecified atom stereocenters. The Bertz CT molecular complexity index is 558. The third kappa shape index (κ3) is 4.25. The van der Waals surface area contributed by atoms with Crippen LogP contribution in [-0.2, 0) is 6.42 Å². The highest BCUT2D eigenvalue weighted by Crippen LogP contribution is 2.15. The summed E-state index contributed by atoms with van der Waals surface area (Å²) in [6, 6.07) is 16.6. The van der Waals surface area contributed by atoms with Gasteiger partial charge in [0.2, 0.25) is 0 Å². The lowest BCUT2D eigenvalue weighted by Crippen LogP contribution is -2.00. The van der Waals surface area contributed by atoms with Crippen molar-refractivity contribution < 1.29 is 4.74 Å². The van der Waals surface area contributed by atoms with E-state index in [4.69, 9.17) is 10.5 Å². The molecule has 0 atom stereocenters. The quantitative estimate of drug-likeness (QED) is 0.809. The molecule has 0 bridgehead atoms. The molecule has 20 heavy (non-hydrogen) atoms. The van der Waals surface area contributed by atoms with Gasteiger partial charge in [-0.3, -0.25) is 0 Å². The summed E-state index contributed by atoms with van der Waals surface area (Å²) >= 11 is 0. The van der Waals surface area contributed by atoms with Crippen LogP contribution in [0.2, 0.25) is 0 Å². The van der Waals surface area contributed by atoms with Crippen molar-refractivity contribution in [3.63, 3.8) is 0 Å². The van der Waals surface area contributed by atoms with E-state index in [9.17, 15) is 0 Å². The molecule has 2 nitrogen and oxygen atoms in total. The fourth-order valence-electron chi connectivity index (χ4n) is 2.07. The van der Waals surface area contributed by atoms with Crippen molar-refractivity contribution in [1.29, 1.82) is 0 Å². The highest BCUT2D eigenvalue weighted by molar-refractivity contribution is 5.70. The van der Waals surface area contributed by atoms with Crippen molar-refractivity contribution in [3.05, 3.63) is 65.2 Å². The maximum atomic E-state index is 5.55. The van der Waals surface area contributed by atoms with Crippen molar-refractivity contribution >= 4 is 12.2 Å². The van der Waals surface area contributed by atoms with Crippen LogP contribution >= 0.6 is 0 Å². The van der Waals surface area contributed by atoms with E-state index in [1.165, 1.54) is 11.1 Å². The molecule has 0 aliphatic carbocycles. The first-order chi connectivity index (χ1) is 9.81. The minimum absolute atomic E-state index is 0.742. The van der Waals surface area contributed by atoms with Gasteiger partial charge < -0.3 is 10.5 Å². The van der Waals surface area contributed by atoms with Crippen LogP contribution in [-0.4, -0.2) is 13.7 Å². The molecule has 2 rings (SSSR count). The van der Waals surface area contributed by atoms with Crippen LogP contribution in [0.25, 0.3) is 12.2 Å². The third-order valence-electron chi connectivity index (χ3n) is 3.20. The predicted molar refractivity (Wildman–Crippen MR) is 85.7 cm³/mol. The Morgan fingerprint density at radius 2 is 1.75 bits per heavy atom. The van der Waals surface area contributed by atoms with Gasteiger partial charge in [0.1, 0.15) is 5.75 Å². The van der Waals surface area contributed by atoms with E-state index in [2.05, 4.69) is 36.4 Å². The van der Waals surface area contributed by atoms with E-state index in [0.717, 1.165) is 30.7 Å². The molecule has 0 heterocycles. The molecule has 2 aromatic rings. The van der Waals surface area contributed by atoms with Gasteiger partial charge in [-0.2, -0.15) is 0 Å². The summed E-state index contributed by atoms with van der Waals surface area (Å²) in [6.07, 6.45) is 6.32. The summed E-state index contributed by atoms with van der Waals surface area (Å²) in [4.78, 5) is 0. The van der Waals surface area contributed by atoms with Crippen molar-refractivity contribution in [2.75, 3.05) is 13.7 Å². The van der Waals surface area contributed by atoms with Gasteiger partial charge in [0.05, 0.1) is 7.11 Å². The molecule has 0 saturated heterocycles. The first kappa shape index (κ1) is 14.4. The second kappa shape index (κ2) is 7.51. The zero-order valence-electron chi connectivity index (χ0n) is 11.9. The standard InChI is InChI=1S/C18H21NO/c1-20-18-11-9-15(10-12-18)7-8-17-5-2-4-16(14-17)6-3-13-19/h2,4-5,7-12,14H,3,6,13,19H2,1H3. The summed E-state index contributed by atoms with van der Waals surface area (Å²) in [5.74, 6) is 0.880. The SMILES string of the molecule is COc1ccc(C=Cc2cccc(CCCN)c2)cc1. The summed E-state index contributed by atoms with van der Waals surface area (Å²) < 4.78 is 5.15. The van der Waals surface area contributed by atoms with Gasteiger partial charge in [-0.25, -0.2) is 0 Å². The lowest BCUT2D eigenvalue weighted by Gasteiger charge is -2.02. The Kier molecular flexibility index (Phi) is 5.39. The van der Waals surface area contributed by atoms with Crippen molar-refractivity contribution in [1.82, 2.24) is 0 Å². The lowest BCUT2D eigenvalue weighted by molar-refractivity contribution is 0.415. The monoisotopic (exact) mass is 267 g/mol. The van der Waals surface area contributed by atoms with Crippen LogP contribution in [0.1, 0.15) is 23.1 Å². The van der Waals surface area contributed by atoms with Gasteiger partial charge in [-0.05, 0) is 48.2 Å². The molecule has 0 fully saturated rings. The summed E-state index contributed by atoms with van der Waals surface area (Å²) in [5, 5.41) is 0. The van der Waals surface area contributed by atoms with Gasteiger partial charge in [0.25, 0.3) is 0 Å². The Hall–Kier alpha value is -2.06. The number of nitrogens with two attached hydrogens (primary N) is 1. The largest absolute Gasteiger partial charge is 0.497 e. The number of ether oxygens (including phenoxy) is 1. The van der Waals surface area contributed by atoms with E-state index < -0.39 is 0 Å². The molecule has 104 valence electrons. The zero-order valence-corrected chi connectivity index (χ0v) is 11.9. The second-order valence-corrected chi connectivity index (χ2v) is 4.74. The van der Waals surface area contributed by atoms with Crippen molar-refractivity contribution in [2.45, 2.75) is 12.8 Å². The van der Waals surface area contributed by atoms with Gasteiger partial charge >= 0.3 is 0 Å². The highest BCUT2D eigenvalue weighted by atomic mass is 16.5. The summed E-state index contributed by atoms with van der Waals surface area (Å²) in [7, 11) is 1.68. The first-order valence-electron chi connectivity index (χ1n) is 6.93. The van der Waals surface area contributed by atoms with Crippen LogP contribution in [0.5, 0.6) is 5.75 Å². The Morgan fingerprint density at radius 1 is 1.00 bits per heavy atom. The van der Waals surface area contributed by atoms with Crippen molar-refractivity contribution in [2.24, 2.45) is 5.73 Å². The molecule has 0 spiro atoms. The number of hydrogen-bond donors (Lipinski definition) is 1. The molecule has 2 N–H and O–H groups in total. The number of aryl methyl sites for hydroxylation is 1. The molecule has 2 heteroatoms. The molecule has 0 aromatic heterocycles. The molecular weight excluding hydrogens is 246 g/mol. The minimum Gasteiger partial charge on any atom is -0.497 e. The maximum Gasteiger partial charge on any atom is 0.118 e. The molecular formula is C18H21NO. The van der Waals surface area contributed by atoms with Crippen molar-refractivity contribution in [3.8, 4) is 5.75 Å². The zero-order chi connectivity index (χ0) is 14.2. The topological polar surface area (TPSA) is 35.2 Å². The Labute approximate surface area is 120 Å². The fourth-order valence-corrected chi connectivity index (χ4v) is 2.07. The first-order valence-corrected chi connectivity index (χ1v) is 6.93. The maximum absolute atomic E-state index is 5.55. The van der Waals surface area contributed by atoms with Crippen LogP contribution < -0.4 is 10.5 Å². The molecule has 0 aliphatic rings. The minimum atomic E-state index is 0.742. The highest BCUT2D eigenvalue weighted by Gasteiger charge is 1.94. The van der Waals surface area contributed by atoms with E-state index in [1.807, 2.05) is 24.3 Å². The van der Waals surface area contributed by atoms with Gasteiger partial charge in [0.15, 0.2) is 0 Å². The average molecular weight is 267 g/mol. The van der Waals surface area contributed by atoms with E-state index in [0.29, 0.717) is 0 Å². The van der Waals surface area contributed by atoms with Crippen LogP contribution in [0, 0.1) is 0 Å². The number of hydrogen-bond acceptors (Lipinski definition) is 2. The Balaban J connectivity index is 2.06. The molecule has 0 radical (unpaired) electrons. The lowest BCUT2D eigenvalue weighted by atomic mass is 10.1. The van der Waals surface area contributed by atoms with Crippen LogP contribution in [0.15, 0.2) is 48.5 Å². The third-order valence-corrected chi connectivity index (χ3v) is 3.20. The second-order valence-electron chi connectivity index (χ2n) is 4.74. The summed E-state index contributed by atoms with van der Waals surface area (Å²) in [6.45, 7) is 0.742. The van der Waals surface area contributed by atoms with E-state index >= 15 is 0 Å². The van der Waals surface area contributed by atoms with E-state index in [1.54, 1.807) is 7.11 Å². The molecule has 2 aromatic carbocycles.